The van der Waals surface area contributed by atoms with Gasteiger partial charge in [0.2, 0.25) is 11.8 Å². The van der Waals surface area contributed by atoms with Crippen LogP contribution in [0.5, 0.6) is 5.75 Å². The normalized spacial score (nSPS) is 17.5. The fraction of sp³-hybridized carbons (Fsp3) is 0.375. The quantitative estimate of drug-likeness (QED) is 0.830. The molecule has 1 atom stereocenters. The van der Waals surface area contributed by atoms with Crippen LogP contribution >= 0.6 is 0 Å². The monoisotopic (exact) mass is 340 g/mol. The van der Waals surface area contributed by atoms with E-state index in [1.54, 1.807) is 0 Å². The number of carbonyl (C=O) groups is 2. The Kier molecular flexibility index (Phi) is 5.34. The van der Waals surface area contributed by atoms with Crippen molar-refractivity contribution < 1.29 is 27.5 Å². The number of likely N-dealkylation sites (tertiary alicyclic amines) is 1. The highest BCUT2D eigenvalue weighted by atomic mass is 19.4. The Bertz CT molecular complexity index is 650. The number of nitrogens with zero attached hydrogens (tertiary/aromatic N) is 1. The van der Waals surface area contributed by atoms with E-state index >= 15 is 0 Å². The van der Waals surface area contributed by atoms with Crippen molar-refractivity contribution in [3.05, 3.63) is 29.8 Å². The van der Waals surface area contributed by atoms with Crippen molar-refractivity contribution in [3.8, 4) is 18.1 Å². The summed E-state index contributed by atoms with van der Waals surface area (Å²) in [5, 5.41) is 2.53. The van der Waals surface area contributed by atoms with Gasteiger partial charge in [0.15, 0.2) is 0 Å². The van der Waals surface area contributed by atoms with Crippen LogP contribution in [0.2, 0.25) is 0 Å². The molecule has 0 aliphatic carbocycles. The van der Waals surface area contributed by atoms with Crippen LogP contribution in [0.15, 0.2) is 24.3 Å². The molecule has 8 heteroatoms. The van der Waals surface area contributed by atoms with Gasteiger partial charge >= 0.3 is 6.36 Å². The van der Waals surface area contributed by atoms with E-state index in [-0.39, 0.29) is 43.6 Å². The Morgan fingerprint density at radius 3 is 2.62 bits per heavy atom. The van der Waals surface area contributed by atoms with E-state index in [4.69, 9.17) is 6.42 Å². The number of nitrogens with one attached hydrogen (secondary N) is 1. The average Bonchev–Trinajstić information content (AvgIpc) is 2.86. The summed E-state index contributed by atoms with van der Waals surface area (Å²) in [5.74, 6) is 1.01. The fourth-order valence-electron chi connectivity index (χ4n) is 2.40. The Morgan fingerprint density at radius 2 is 2.04 bits per heavy atom. The van der Waals surface area contributed by atoms with Crippen LogP contribution in [0.4, 0.5) is 13.2 Å². The number of amides is 2. The van der Waals surface area contributed by atoms with Crippen molar-refractivity contribution in [2.75, 3.05) is 13.1 Å². The largest absolute Gasteiger partial charge is 0.573 e. The van der Waals surface area contributed by atoms with Crippen molar-refractivity contribution >= 4 is 11.8 Å². The first-order chi connectivity index (χ1) is 11.3. The Hall–Kier alpha value is -2.69. The smallest absolute Gasteiger partial charge is 0.406 e. The number of hydrogen-bond acceptors (Lipinski definition) is 3. The van der Waals surface area contributed by atoms with Gasteiger partial charge in [0.05, 0.1) is 12.5 Å². The molecule has 1 aromatic rings. The maximum atomic E-state index is 12.1. The SMILES string of the molecule is C#CCNC(=O)[C@@H]1CC(=O)N(Cc2ccc(OC(F)(F)F)cc2)C1. The Morgan fingerprint density at radius 1 is 1.38 bits per heavy atom. The molecule has 1 aliphatic heterocycles. The molecule has 24 heavy (non-hydrogen) atoms. The lowest BCUT2D eigenvalue weighted by Gasteiger charge is -2.17. The van der Waals surface area contributed by atoms with Gasteiger partial charge in [-0.15, -0.1) is 19.6 Å². The zero-order chi connectivity index (χ0) is 17.7. The molecule has 0 bridgehead atoms. The maximum absolute atomic E-state index is 12.1. The van der Waals surface area contributed by atoms with Crippen LogP contribution in [-0.2, 0) is 16.1 Å². The van der Waals surface area contributed by atoms with Crippen molar-refractivity contribution in [2.45, 2.75) is 19.3 Å². The van der Waals surface area contributed by atoms with Crippen LogP contribution in [0.3, 0.4) is 0 Å². The number of alkyl halides is 3. The summed E-state index contributed by atoms with van der Waals surface area (Å²) >= 11 is 0. The molecule has 2 rings (SSSR count). The first-order valence-electron chi connectivity index (χ1n) is 7.12. The topological polar surface area (TPSA) is 58.6 Å². The van der Waals surface area contributed by atoms with E-state index in [0.29, 0.717) is 5.56 Å². The number of halogens is 3. The molecule has 1 aliphatic rings. The summed E-state index contributed by atoms with van der Waals surface area (Å²) in [7, 11) is 0. The zero-order valence-corrected chi connectivity index (χ0v) is 12.6. The highest BCUT2D eigenvalue weighted by Crippen LogP contribution is 2.24. The minimum Gasteiger partial charge on any atom is -0.406 e. The average molecular weight is 340 g/mol. The number of carbonyl (C=O) groups excluding carboxylic acids is 2. The highest BCUT2D eigenvalue weighted by molar-refractivity contribution is 5.89. The van der Waals surface area contributed by atoms with Crippen LogP contribution in [0.1, 0.15) is 12.0 Å². The van der Waals surface area contributed by atoms with Crippen molar-refractivity contribution in [3.63, 3.8) is 0 Å². The highest BCUT2D eigenvalue weighted by Gasteiger charge is 2.34. The van der Waals surface area contributed by atoms with Crippen molar-refractivity contribution in [1.82, 2.24) is 10.2 Å². The standard InChI is InChI=1S/C16H15F3N2O3/c1-2-7-20-15(23)12-8-14(22)21(10-12)9-11-3-5-13(6-4-11)24-16(17,18)19/h1,3-6,12H,7-10H2,(H,20,23)/t12-/m1/s1. The predicted molar refractivity (Wildman–Crippen MR) is 78.5 cm³/mol. The lowest BCUT2D eigenvalue weighted by Crippen LogP contribution is -2.33. The molecule has 5 nitrogen and oxygen atoms in total. The van der Waals surface area contributed by atoms with Gasteiger partial charge in [-0.05, 0) is 17.7 Å². The summed E-state index contributed by atoms with van der Waals surface area (Å²) in [6, 6.07) is 5.25. The summed E-state index contributed by atoms with van der Waals surface area (Å²) in [6.45, 7) is 0.560. The van der Waals surface area contributed by atoms with Crippen LogP contribution < -0.4 is 10.1 Å². The Labute approximate surface area is 136 Å². The molecule has 2 amide bonds. The molecule has 1 N–H and O–H groups in total. The second kappa shape index (κ2) is 7.25. The van der Waals surface area contributed by atoms with E-state index < -0.39 is 12.3 Å². The lowest BCUT2D eigenvalue weighted by atomic mass is 10.1. The molecule has 1 fully saturated rings. The molecule has 1 aromatic carbocycles. The van der Waals surface area contributed by atoms with Gasteiger partial charge in [-0.25, -0.2) is 0 Å². The summed E-state index contributed by atoms with van der Waals surface area (Å²) in [5.41, 5.74) is 0.641. The van der Waals surface area contributed by atoms with Crippen LogP contribution in [0, 0.1) is 18.3 Å². The summed E-state index contributed by atoms with van der Waals surface area (Å²) < 4.78 is 40.1. The number of terminal acetylenes is 1. The third-order valence-corrected chi connectivity index (χ3v) is 3.48. The maximum Gasteiger partial charge on any atom is 0.573 e. The third-order valence-electron chi connectivity index (χ3n) is 3.48. The molecule has 0 radical (unpaired) electrons. The molecule has 1 heterocycles. The lowest BCUT2D eigenvalue weighted by molar-refractivity contribution is -0.274. The predicted octanol–water partition coefficient (Wildman–Crippen LogP) is 1.68. The van der Waals surface area contributed by atoms with E-state index in [2.05, 4.69) is 16.0 Å². The van der Waals surface area contributed by atoms with Gasteiger partial charge in [-0.3, -0.25) is 9.59 Å². The number of hydrogen-bond donors (Lipinski definition) is 1. The first kappa shape index (κ1) is 17.7. The van der Waals surface area contributed by atoms with Crippen LogP contribution in [-0.4, -0.2) is 36.2 Å². The minimum absolute atomic E-state index is 0.0890. The van der Waals surface area contributed by atoms with Gasteiger partial charge in [0.25, 0.3) is 0 Å². The number of rotatable bonds is 5. The third kappa shape index (κ3) is 4.91. The zero-order valence-electron chi connectivity index (χ0n) is 12.6. The number of benzene rings is 1. The second-order valence-corrected chi connectivity index (χ2v) is 5.29. The van der Waals surface area contributed by atoms with E-state index in [1.165, 1.54) is 29.2 Å². The molecule has 0 saturated carbocycles. The van der Waals surface area contributed by atoms with Crippen LogP contribution in [0.25, 0.3) is 0 Å². The molecule has 128 valence electrons. The first-order valence-corrected chi connectivity index (χ1v) is 7.12. The second-order valence-electron chi connectivity index (χ2n) is 5.29. The molecule has 0 aromatic heterocycles. The molecule has 1 saturated heterocycles. The molecule has 0 unspecified atom stereocenters. The minimum atomic E-state index is -4.74. The van der Waals surface area contributed by atoms with Crippen molar-refractivity contribution in [1.29, 1.82) is 0 Å². The Balaban J connectivity index is 1.93. The van der Waals surface area contributed by atoms with Gasteiger partial charge in [-0.1, -0.05) is 18.1 Å². The van der Waals surface area contributed by atoms with Crippen molar-refractivity contribution in [2.24, 2.45) is 5.92 Å². The number of ether oxygens (including phenoxy) is 1. The van der Waals surface area contributed by atoms with E-state index in [1.807, 2.05) is 0 Å². The fourth-order valence-corrected chi connectivity index (χ4v) is 2.40. The van der Waals surface area contributed by atoms with E-state index in [9.17, 15) is 22.8 Å². The van der Waals surface area contributed by atoms with Gasteiger partial charge in [-0.2, -0.15) is 0 Å². The van der Waals surface area contributed by atoms with Gasteiger partial charge in [0.1, 0.15) is 5.75 Å². The molecule has 0 spiro atoms. The molecular formula is C16H15F3N2O3. The summed E-state index contributed by atoms with van der Waals surface area (Å²) in [6.07, 6.45) is 0.404. The van der Waals surface area contributed by atoms with Gasteiger partial charge < -0.3 is 15.0 Å². The molecular weight excluding hydrogens is 325 g/mol. The van der Waals surface area contributed by atoms with E-state index in [0.717, 1.165) is 0 Å². The summed E-state index contributed by atoms with van der Waals surface area (Å²) in [4.78, 5) is 25.3. The van der Waals surface area contributed by atoms with Gasteiger partial charge in [0, 0.05) is 19.5 Å².